The number of piperazine rings is 1. The van der Waals surface area contributed by atoms with Crippen molar-refractivity contribution in [1.29, 1.82) is 0 Å². The second-order valence-corrected chi connectivity index (χ2v) is 7.51. The molecule has 0 bridgehead atoms. The summed E-state index contributed by atoms with van der Waals surface area (Å²) < 4.78 is 1.83. The average Bonchev–Trinajstić information content (AvgIpc) is 3.16. The standard InChI is InChI=1S/C15H23N5OS/c1-11(2)20-5-4-13(17-20)14(21)18-6-8-19(9-7-18)15-16-10-12(3)22-15/h4-5,11-12H,6-10H2,1-3H3. The zero-order valence-electron chi connectivity index (χ0n) is 13.4. The van der Waals surface area contributed by atoms with Gasteiger partial charge in [0.15, 0.2) is 5.17 Å². The molecule has 0 aliphatic carbocycles. The van der Waals surface area contributed by atoms with Gasteiger partial charge >= 0.3 is 0 Å². The van der Waals surface area contributed by atoms with Gasteiger partial charge in [0.05, 0.1) is 6.54 Å². The third-order valence-corrected chi connectivity index (χ3v) is 5.13. The Labute approximate surface area is 135 Å². The Morgan fingerprint density at radius 3 is 2.59 bits per heavy atom. The molecule has 1 fully saturated rings. The van der Waals surface area contributed by atoms with Gasteiger partial charge in [-0.25, -0.2) is 0 Å². The molecule has 1 aromatic rings. The van der Waals surface area contributed by atoms with Crippen molar-refractivity contribution < 1.29 is 4.79 Å². The van der Waals surface area contributed by atoms with Crippen LogP contribution in [-0.4, -0.2) is 68.6 Å². The smallest absolute Gasteiger partial charge is 0.274 e. The van der Waals surface area contributed by atoms with Crippen molar-refractivity contribution >= 4 is 22.8 Å². The fourth-order valence-corrected chi connectivity index (χ4v) is 3.63. The largest absolute Gasteiger partial charge is 0.348 e. The first-order chi connectivity index (χ1) is 10.5. The lowest BCUT2D eigenvalue weighted by atomic mass is 10.3. The van der Waals surface area contributed by atoms with Gasteiger partial charge in [-0.2, -0.15) is 5.10 Å². The molecule has 1 amide bonds. The molecule has 3 heterocycles. The van der Waals surface area contributed by atoms with Crippen LogP contribution in [0.2, 0.25) is 0 Å². The van der Waals surface area contributed by atoms with E-state index in [0.29, 0.717) is 10.9 Å². The van der Waals surface area contributed by atoms with Crippen molar-refractivity contribution in [3.05, 3.63) is 18.0 Å². The Balaban J connectivity index is 1.57. The SMILES string of the molecule is CC1CN=C(N2CCN(C(=O)c3ccn(C(C)C)n3)CC2)S1. The molecular weight excluding hydrogens is 298 g/mol. The van der Waals surface area contributed by atoms with Crippen LogP contribution in [0.4, 0.5) is 0 Å². The minimum Gasteiger partial charge on any atom is -0.348 e. The summed E-state index contributed by atoms with van der Waals surface area (Å²) in [5.41, 5.74) is 0.545. The molecule has 2 aliphatic rings. The summed E-state index contributed by atoms with van der Waals surface area (Å²) in [6.07, 6.45) is 1.87. The Morgan fingerprint density at radius 2 is 2.05 bits per heavy atom. The summed E-state index contributed by atoms with van der Waals surface area (Å²) >= 11 is 1.84. The molecule has 0 saturated carbocycles. The number of thioether (sulfide) groups is 1. The maximum absolute atomic E-state index is 12.5. The second kappa shape index (κ2) is 6.32. The van der Waals surface area contributed by atoms with E-state index in [4.69, 9.17) is 0 Å². The summed E-state index contributed by atoms with van der Waals surface area (Å²) in [6.45, 7) is 10.4. The Bertz CT molecular complexity index is 574. The van der Waals surface area contributed by atoms with Crippen molar-refractivity contribution in [1.82, 2.24) is 19.6 Å². The second-order valence-electron chi connectivity index (χ2n) is 6.11. The highest BCUT2D eigenvalue weighted by Gasteiger charge is 2.27. The van der Waals surface area contributed by atoms with Crippen molar-refractivity contribution in [2.24, 2.45) is 4.99 Å². The number of carbonyl (C=O) groups is 1. The van der Waals surface area contributed by atoms with E-state index in [2.05, 4.69) is 35.8 Å². The van der Waals surface area contributed by atoms with Crippen LogP contribution in [0, 0.1) is 0 Å². The first-order valence-corrected chi connectivity index (χ1v) is 8.73. The van der Waals surface area contributed by atoms with Crippen molar-refractivity contribution in [3.63, 3.8) is 0 Å². The molecule has 120 valence electrons. The molecule has 1 aromatic heterocycles. The summed E-state index contributed by atoms with van der Waals surface area (Å²) in [4.78, 5) is 21.3. The van der Waals surface area contributed by atoms with E-state index >= 15 is 0 Å². The van der Waals surface area contributed by atoms with Crippen LogP contribution in [0.15, 0.2) is 17.3 Å². The lowest BCUT2D eigenvalue weighted by Crippen LogP contribution is -2.50. The third-order valence-electron chi connectivity index (χ3n) is 3.98. The van der Waals surface area contributed by atoms with Gasteiger partial charge in [0.25, 0.3) is 5.91 Å². The third kappa shape index (κ3) is 3.14. The van der Waals surface area contributed by atoms with E-state index in [1.54, 1.807) is 0 Å². The van der Waals surface area contributed by atoms with Crippen molar-refractivity contribution in [2.75, 3.05) is 32.7 Å². The van der Waals surface area contributed by atoms with E-state index in [1.807, 2.05) is 33.6 Å². The summed E-state index contributed by atoms with van der Waals surface area (Å²) in [5.74, 6) is 0.0356. The van der Waals surface area contributed by atoms with Gasteiger partial charge in [0.2, 0.25) is 0 Å². The molecule has 0 radical (unpaired) electrons. The molecule has 1 atom stereocenters. The van der Waals surface area contributed by atoms with Gasteiger partial charge in [-0.1, -0.05) is 18.7 Å². The van der Waals surface area contributed by atoms with Crippen LogP contribution in [0.3, 0.4) is 0 Å². The molecule has 3 rings (SSSR count). The fourth-order valence-electron chi connectivity index (χ4n) is 2.64. The Kier molecular flexibility index (Phi) is 4.42. The molecule has 0 N–H and O–H groups in total. The van der Waals surface area contributed by atoms with Gasteiger partial charge < -0.3 is 9.80 Å². The van der Waals surface area contributed by atoms with E-state index in [1.165, 1.54) is 0 Å². The highest BCUT2D eigenvalue weighted by molar-refractivity contribution is 8.14. The van der Waals surface area contributed by atoms with Gasteiger partial charge in [0.1, 0.15) is 5.69 Å². The minimum absolute atomic E-state index is 0.0356. The quantitative estimate of drug-likeness (QED) is 0.832. The molecule has 0 spiro atoms. The maximum Gasteiger partial charge on any atom is 0.274 e. The Hall–Kier alpha value is -1.50. The lowest BCUT2D eigenvalue weighted by Gasteiger charge is -2.35. The van der Waals surface area contributed by atoms with Crippen LogP contribution in [0.25, 0.3) is 0 Å². The Morgan fingerprint density at radius 1 is 1.32 bits per heavy atom. The molecule has 6 nitrogen and oxygen atoms in total. The minimum atomic E-state index is 0.0356. The number of rotatable bonds is 2. The van der Waals surface area contributed by atoms with Crippen molar-refractivity contribution in [3.8, 4) is 0 Å². The average molecular weight is 321 g/mol. The molecule has 22 heavy (non-hydrogen) atoms. The van der Waals surface area contributed by atoms with Gasteiger partial charge in [-0.05, 0) is 19.9 Å². The number of hydrogen-bond donors (Lipinski definition) is 0. The topological polar surface area (TPSA) is 53.7 Å². The molecular formula is C15H23N5OS. The molecule has 1 saturated heterocycles. The van der Waals surface area contributed by atoms with Crippen LogP contribution < -0.4 is 0 Å². The molecule has 1 unspecified atom stereocenters. The number of amidine groups is 1. The van der Waals surface area contributed by atoms with E-state index in [9.17, 15) is 4.79 Å². The summed E-state index contributed by atoms with van der Waals surface area (Å²) in [5, 5.41) is 6.10. The number of hydrogen-bond acceptors (Lipinski definition) is 5. The van der Waals surface area contributed by atoms with Crippen LogP contribution >= 0.6 is 11.8 Å². The summed E-state index contributed by atoms with van der Waals surface area (Å²) in [7, 11) is 0. The highest BCUT2D eigenvalue weighted by Crippen LogP contribution is 2.23. The van der Waals surface area contributed by atoms with Crippen molar-refractivity contribution in [2.45, 2.75) is 32.1 Å². The lowest BCUT2D eigenvalue weighted by molar-refractivity contribution is 0.0686. The number of carbonyl (C=O) groups excluding carboxylic acids is 1. The number of nitrogens with zero attached hydrogens (tertiary/aromatic N) is 5. The monoisotopic (exact) mass is 321 g/mol. The predicted molar refractivity (Wildman–Crippen MR) is 89.4 cm³/mol. The molecule has 7 heteroatoms. The molecule has 0 aromatic carbocycles. The first-order valence-electron chi connectivity index (χ1n) is 7.85. The van der Waals surface area contributed by atoms with Gasteiger partial charge in [-0.15, -0.1) is 0 Å². The van der Waals surface area contributed by atoms with Crippen LogP contribution in [0.5, 0.6) is 0 Å². The first kappa shape index (κ1) is 15.4. The summed E-state index contributed by atoms with van der Waals surface area (Å²) in [6, 6.07) is 2.09. The highest BCUT2D eigenvalue weighted by atomic mass is 32.2. The van der Waals surface area contributed by atoms with E-state index in [-0.39, 0.29) is 11.9 Å². The number of aromatic nitrogens is 2. The normalized spacial score (nSPS) is 22.4. The van der Waals surface area contributed by atoms with Crippen LogP contribution in [-0.2, 0) is 0 Å². The number of amides is 1. The van der Waals surface area contributed by atoms with E-state index in [0.717, 1.165) is 37.9 Å². The van der Waals surface area contributed by atoms with E-state index < -0.39 is 0 Å². The van der Waals surface area contributed by atoms with Gasteiger partial charge in [-0.3, -0.25) is 14.5 Å². The number of aliphatic imine (C=N–C) groups is 1. The van der Waals surface area contributed by atoms with Crippen LogP contribution in [0.1, 0.15) is 37.3 Å². The fraction of sp³-hybridized carbons (Fsp3) is 0.667. The maximum atomic E-state index is 12.5. The zero-order chi connectivity index (χ0) is 15.7. The molecule has 2 aliphatic heterocycles. The zero-order valence-corrected chi connectivity index (χ0v) is 14.2. The predicted octanol–water partition coefficient (Wildman–Crippen LogP) is 1.71. The van der Waals surface area contributed by atoms with Gasteiger partial charge in [0, 0.05) is 43.7 Å².